The van der Waals surface area contributed by atoms with Crippen molar-refractivity contribution in [3.63, 3.8) is 0 Å². The van der Waals surface area contributed by atoms with Crippen LogP contribution in [0.3, 0.4) is 0 Å². The summed E-state index contributed by atoms with van der Waals surface area (Å²) in [6, 6.07) is 0. The first-order valence-corrected chi connectivity index (χ1v) is 7.93. The number of rotatable bonds is 3. The maximum atomic E-state index is 12.2. The van der Waals surface area contributed by atoms with Gasteiger partial charge < -0.3 is 0 Å². The van der Waals surface area contributed by atoms with Gasteiger partial charge in [-0.2, -0.15) is 13.1 Å². The highest BCUT2D eigenvalue weighted by molar-refractivity contribution is 7.90. The molecule has 1 saturated heterocycles. The van der Waals surface area contributed by atoms with E-state index in [0.717, 1.165) is 45.2 Å². The summed E-state index contributed by atoms with van der Waals surface area (Å²) < 4.78 is 30.0. The zero-order valence-electron chi connectivity index (χ0n) is 10.5. The van der Waals surface area contributed by atoms with Crippen LogP contribution in [0.1, 0.15) is 44.9 Å². The molecule has 0 N–H and O–H groups in total. The van der Waals surface area contributed by atoms with Crippen LogP contribution in [0.5, 0.6) is 0 Å². The molecule has 0 atom stereocenters. The van der Waals surface area contributed by atoms with E-state index in [1.54, 1.807) is 0 Å². The Hall–Kier alpha value is -0.390. The molecule has 1 aliphatic carbocycles. The number of nitrogens with zero attached hydrogens (tertiary/aromatic N) is 1. The molecule has 0 radical (unpaired) electrons. The molecule has 0 aromatic heterocycles. The number of hydrogen-bond donors (Lipinski definition) is 0. The quantitative estimate of drug-likeness (QED) is 0.732. The summed E-state index contributed by atoms with van der Waals surface area (Å²) in [7, 11) is -1.63. The molecule has 1 fully saturated rings. The van der Waals surface area contributed by atoms with Crippen molar-refractivity contribution in [1.82, 2.24) is 0 Å². The van der Waals surface area contributed by atoms with Gasteiger partial charge in [-0.25, -0.2) is 0 Å². The fourth-order valence-electron chi connectivity index (χ4n) is 2.58. The Bertz CT molecular complexity index is 394. The molecular formula is C12H22NO3S+. The van der Waals surface area contributed by atoms with Gasteiger partial charge in [-0.05, 0) is 44.9 Å². The SMILES string of the molecule is C[N+]1(OS(=O)(=O)C2=CCCCC2)CCCCC1. The Morgan fingerprint density at radius 1 is 1.12 bits per heavy atom. The molecule has 1 heterocycles. The van der Waals surface area contributed by atoms with Gasteiger partial charge in [-0.15, -0.1) is 0 Å². The predicted octanol–water partition coefficient (Wildman–Crippen LogP) is 2.34. The molecule has 98 valence electrons. The highest BCUT2D eigenvalue weighted by Crippen LogP contribution is 2.27. The number of piperidine rings is 1. The first-order chi connectivity index (χ1) is 8.02. The molecule has 0 spiro atoms. The summed E-state index contributed by atoms with van der Waals surface area (Å²) in [6.45, 7) is 1.60. The number of hydrogen-bond acceptors (Lipinski definition) is 3. The fraction of sp³-hybridized carbons (Fsp3) is 0.833. The molecule has 0 saturated carbocycles. The Kier molecular flexibility index (Phi) is 3.90. The summed E-state index contributed by atoms with van der Waals surface area (Å²) in [4.78, 5) is 0.494. The molecule has 2 rings (SSSR count). The lowest BCUT2D eigenvalue weighted by Gasteiger charge is -2.33. The monoisotopic (exact) mass is 260 g/mol. The van der Waals surface area contributed by atoms with E-state index < -0.39 is 10.1 Å². The Morgan fingerprint density at radius 2 is 1.82 bits per heavy atom. The van der Waals surface area contributed by atoms with Crippen molar-refractivity contribution in [2.75, 3.05) is 20.1 Å². The standard InChI is InChI=1S/C12H22NO3S/c1-13(10-6-3-7-11-13)16-17(14,15)12-8-4-2-5-9-12/h8H,2-7,9-11H2,1H3/q+1. The van der Waals surface area contributed by atoms with Crippen LogP contribution in [0.2, 0.25) is 0 Å². The minimum atomic E-state index is -3.51. The normalized spacial score (nSPS) is 25.4. The van der Waals surface area contributed by atoms with Crippen molar-refractivity contribution >= 4 is 10.1 Å². The predicted molar refractivity (Wildman–Crippen MR) is 66.3 cm³/mol. The van der Waals surface area contributed by atoms with Gasteiger partial charge >= 0.3 is 10.1 Å². The van der Waals surface area contributed by atoms with Crippen LogP contribution in [0.15, 0.2) is 11.0 Å². The smallest absolute Gasteiger partial charge is 0.189 e. The molecule has 0 amide bonds. The van der Waals surface area contributed by atoms with Gasteiger partial charge in [0, 0.05) is 0 Å². The summed E-state index contributed by atoms with van der Waals surface area (Å²) in [5.41, 5.74) is 0. The second-order valence-corrected chi connectivity index (χ2v) is 6.83. The first-order valence-electron chi connectivity index (χ1n) is 6.52. The molecular weight excluding hydrogens is 238 g/mol. The molecule has 0 aromatic carbocycles. The third-order valence-corrected chi connectivity index (χ3v) is 5.18. The zero-order chi connectivity index (χ0) is 12.4. The number of hydroxylamine groups is 3. The Morgan fingerprint density at radius 3 is 2.41 bits per heavy atom. The van der Waals surface area contributed by atoms with Gasteiger partial charge in [0.15, 0.2) is 0 Å². The summed E-state index contributed by atoms with van der Waals surface area (Å²) in [5, 5.41) is 0. The van der Waals surface area contributed by atoms with Crippen LogP contribution >= 0.6 is 0 Å². The molecule has 2 aliphatic rings. The zero-order valence-corrected chi connectivity index (χ0v) is 11.3. The lowest BCUT2D eigenvalue weighted by Crippen LogP contribution is -2.49. The van der Waals surface area contributed by atoms with Crippen molar-refractivity contribution in [2.45, 2.75) is 44.9 Å². The third kappa shape index (κ3) is 3.30. The van der Waals surface area contributed by atoms with E-state index in [1.165, 1.54) is 6.42 Å². The van der Waals surface area contributed by atoms with Crippen molar-refractivity contribution < 1.29 is 17.3 Å². The van der Waals surface area contributed by atoms with Gasteiger partial charge in [0.1, 0.15) is 20.1 Å². The molecule has 1 aliphatic heterocycles. The van der Waals surface area contributed by atoms with Crippen molar-refractivity contribution in [3.05, 3.63) is 11.0 Å². The van der Waals surface area contributed by atoms with Crippen LogP contribution in [0, 0.1) is 0 Å². The molecule has 0 aromatic rings. The molecule has 0 bridgehead atoms. The second-order valence-electron chi connectivity index (χ2n) is 5.25. The third-order valence-electron chi connectivity index (χ3n) is 3.61. The minimum absolute atomic E-state index is 0.222. The van der Waals surface area contributed by atoms with Gasteiger partial charge in [-0.3, -0.25) is 0 Å². The van der Waals surface area contributed by atoms with Crippen molar-refractivity contribution in [2.24, 2.45) is 0 Å². The summed E-state index contributed by atoms with van der Waals surface area (Å²) >= 11 is 0. The molecule has 0 unspecified atom stereocenters. The molecule has 5 heteroatoms. The van der Waals surface area contributed by atoms with Crippen LogP contribution < -0.4 is 0 Å². The Balaban J connectivity index is 2.08. The van der Waals surface area contributed by atoms with Crippen molar-refractivity contribution in [3.8, 4) is 0 Å². The summed E-state index contributed by atoms with van der Waals surface area (Å²) in [5.74, 6) is 0. The van der Waals surface area contributed by atoms with Crippen LogP contribution in [-0.2, 0) is 14.4 Å². The van der Waals surface area contributed by atoms with Crippen LogP contribution in [-0.4, -0.2) is 33.2 Å². The van der Waals surface area contributed by atoms with E-state index in [0.29, 0.717) is 11.3 Å². The molecule has 4 nitrogen and oxygen atoms in total. The van der Waals surface area contributed by atoms with Gasteiger partial charge in [0.05, 0.1) is 4.91 Å². The van der Waals surface area contributed by atoms with E-state index in [9.17, 15) is 8.42 Å². The van der Waals surface area contributed by atoms with Crippen LogP contribution in [0.4, 0.5) is 0 Å². The molecule has 17 heavy (non-hydrogen) atoms. The van der Waals surface area contributed by atoms with Gasteiger partial charge in [0.25, 0.3) is 0 Å². The maximum Gasteiger partial charge on any atom is 0.338 e. The van der Waals surface area contributed by atoms with Crippen LogP contribution in [0.25, 0.3) is 0 Å². The lowest BCUT2D eigenvalue weighted by molar-refractivity contribution is -1.07. The largest absolute Gasteiger partial charge is 0.338 e. The topological polar surface area (TPSA) is 43.4 Å². The van der Waals surface area contributed by atoms with Crippen molar-refractivity contribution in [1.29, 1.82) is 0 Å². The average molecular weight is 260 g/mol. The highest BCUT2D eigenvalue weighted by Gasteiger charge is 2.35. The second kappa shape index (κ2) is 5.08. The first kappa shape index (κ1) is 13.1. The van der Waals surface area contributed by atoms with E-state index in [2.05, 4.69) is 0 Å². The average Bonchev–Trinajstić information content (AvgIpc) is 2.30. The van der Waals surface area contributed by atoms with Gasteiger partial charge in [-0.1, -0.05) is 10.4 Å². The van der Waals surface area contributed by atoms with E-state index in [4.69, 9.17) is 4.28 Å². The highest BCUT2D eigenvalue weighted by atomic mass is 32.2. The van der Waals surface area contributed by atoms with Gasteiger partial charge in [0.2, 0.25) is 0 Å². The number of likely N-dealkylation sites (tertiary alicyclic amines) is 1. The van der Waals surface area contributed by atoms with E-state index in [-0.39, 0.29) is 4.65 Å². The number of quaternary nitrogens is 1. The Labute approximate surface area is 104 Å². The lowest BCUT2D eigenvalue weighted by atomic mass is 10.1. The fourth-order valence-corrected chi connectivity index (χ4v) is 4.01. The maximum absolute atomic E-state index is 12.2. The number of allylic oxidation sites excluding steroid dienone is 2. The van der Waals surface area contributed by atoms with E-state index >= 15 is 0 Å². The van der Waals surface area contributed by atoms with E-state index in [1.807, 2.05) is 13.1 Å². The minimum Gasteiger partial charge on any atom is -0.189 e. The summed E-state index contributed by atoms with van der Waals surface area (Å²) in [6.07, 6.45) is 8.65.